The Morgan fingerprint density at radius 1 is 1.05 bits per heavy atom. The molecule has 22 heavy (non-hydrogen) atoms. The zero-order valence-electron chi connectivity index (χ0n) is 11.6. The van der Waals surface area contributed by atoms with Crippen molar-refractivity contribution in [1.29, 1.82) is 0 Å². The fourth-order valence-electron chi connectivity index (χ4n) is 2.65. The standard InChI is InChI=1S/C17H13F2NO2/c18-14-6-5-12(9-15(14)19)20-17(22)11-7-10-3-1-2-4-13(10)16(21)8-11/h1-6,9,11H,7-8H2,(H,20,22). The van der Waals surface area contributed by atoms with E-state index < -0.39 is 17.6 Å². The van der Waals surface area contributed by atoms with Crippen LogP contribution in [0.1, 0.15) is 22.3 Å². The lowest BCUT2D eigenvalue weighted by molar-refractivity contribution is -0.119. The quantitative estimate of drug-likeness (QED) is 0.924. The highest BCUT2D eigenvalue weighted by atomic mass is 19.2. The molecule has 112 valence electrons. The number of Topliss-reactive ketones (excluding diaryl/α,β-unsaturated/α-hetero) is 1. The number of amides is 1. The van der Waals surface area contributed by atoms with Crippen LogP contribution in [0.4, 0.5) is 14.5 Å². The van der Waals surface area contributed by atoms with Gasteiger partial charge in [-0.1, -0.05) is 24.3 Å². The van der Waals surface area contributed by atoms with E-state index in [1.807, 2.05) is 12.1 Å². The first-order valence-corrected chi connectivity index (χ1v) is 6.91. The number of nitrogens with one attached hydrogen (secondary N) is 1. The highest BCUT2D eigenvalue weighted by Crippen LogP contribution is 2.26. The first kappa shape index (κ1) is 14.4. The number of carbonyl (C=O) groups excluding carboxylic acids is 2. The molecule has 1 unspecified atom stereocenters. The summed E-state index contributed by atoms with van der Waals surface area (Å²) in [5.41, 5.74) is 1.67. The maximum atomic E-state index is 13.2. The lowest BCUT2D eigenvalue weighted by atomic mass is 9.82. The predicted octanol–water partition coefficient (Wildman–Crippen LogP) is 3.35. The Morgan fingerprint density at radius 3 is 2.59 bits per heavy atom. The van der Waals surface area contributed by atoms with Gasteiger partial charge in [-0.25, -0.2) is 8.78 Å². The van der Waals surface area contributed by atoms with E-state index in [-0.39, 0.29) is 23.8 Å². The molecule has 0 spiro atoms. The first-order valence-electron chi connectivity index (χ1n) is 6.91. The van der Waals surface area contributed by atoms with Crippen LogP contribution in [-0.2, 0) is 11.2 Å². The van der Waals surface area contributed by atoms with Crippen LogP contribution in [0.3, 0.4) is 0 Å². The molecule has 0 aliphatic heterocycles. The second-order valence-corrected chi connectivity index (χ2v) is 5.30. The van der Waals surface area contributed by atoms with Crippen LogP contribution in [0.2, 0.25) is 0 Å². The molecule has 0 aromatic heterocycles. The van der Waals surface area contributed by atoms with Crippen molar-refractivity contribution in [2.24, 2.45) is 5.92 Å². The third-order valence-corrected chi connectivity index (χ3v) is 3.77. The van der Waals surface area contributed by atoms with Crippen molar-refractivity contribution in [3.63, 3.8) is 0 Å². The van der Waals surface area contributed by atoms with Crippen LogP contribution in [-0.4, -0.2) is 11.7 Å². The van der Waals surface area contributed by atoms with Gasteiger partial charge in [-0.05, 0) is 24.1 Å². The lowest BCUT2D eigenvalue weighted by Gasteiger charge is -2.22. The Kier molecular flexibility index (Phi) is 3.71. The average Bonchev–Trinajstić information content (AvgIpc) is 2.51. The fraction of sp³-hybridized carbons (Fsp3) is 0.176. The number of benzene rings is 2. The van der Waals surface area contributed by atoms with E-state index in [0.717, 1.165) is 17.7 Å². The van der Waals surface area contributed by atoms with Crippen molar-refractivity contribution in [1.82, 2.24) is 0 Å². The van der Waals surface area contributed by atoms with E-state index >= 15 is 0 Å². The van der Waals surface area contributed by atoms with Gasteiger partial charge in [0.05, 0.1) is 0 Å². The van der Waals surface area contributed by atoms with Gasteiger partial charge in [0.2, 0.25) is 5.91 Å². The number of rotatable bonds is 2. The monoisotopic (exact) mass is 301 g/mol. The van der Waals surface area contributed by atoms with Crippen molar-refractivity contribution in [2.75, 3.05) is 5.32 Å². The predicted molar refractivity (Wildman–Crippen MR) is 77.6 cm³/mol. The molecular weight excluding hydrogens is 288 g/mol. The molecule has 2 aromatic rings. The smallest absolute Gasteiger partial charge is 0.228 e. The molecule has 0 heterocycles. The molecule has 3 rings (SSSR count). The molecule has 0 radical (unpaired) electrons. The third kappa shape index (κ3) is 2.74. The van der Waals surface area contributed by atoms with Crippen LogP contribution >= 0.6 is 0 Å². The number of hydrogen-bond acceptors (Lipinski definition) is 2. The van der Waals surface area contributed by atoms with Crippen LogP contribution in [0.25, 0.3) is 0 Å². The molecular formula is C17H13F2NO2. The van der Waals surface area contributed by atoms with Gasteiger partial charge in [-0.2, -0.15) is 0 Å². The number of carbonyl (C=O) groups is 2. The van der Waals surface area contributed by atoms with Gasteiger partial charge in [0.25, 0.3) is 0 Å². The van der Waals surface area contributed by atoms with Crippen molar-refractivity contribution in [2.45, 2.75) is 12.8 Å². The van der Waals surface area contributed by atoms with Crippen LogP contribution in [0, 0.1) is 17.6 Å². The zero-order chi connectivity index (χ0) is 15.7. The van der Waals surface area contributed by atoms with Gasteiger partial charge in [0.1, 0.15) is 0 Å². The Hall–Kier alpha value is -2.56. The van der Waals surface area contributed by atoms with Crippen molar-refractivity contribution in [3.8, 4) is 0 Å². The number of anilines is 1. The molecule has 5 heteroatoms. The van der Waals surface area contributed by atoms with Crippen molar-refractivity contribution >= 4 is 17.4 Å². The second kappa shape index (κ2) is 5.67. The molecule has 1 atom stereocenters. The Morgan fingerprint density at radius 2 is 1.82 bits per heavy atom. The van der Waals surface area contributed by atoms with Crippen LogP contribution < -0.4 is 5.32 Å². The van der Waals surface area contributed by atoms with E-state index in [1.54, 1.807) is 12.1 Å². The molecule has 0 bridgehead atoms. The van der Waals surface area contributed by atoms with E-state index in [2.05, 4.69) is 5.32 Å². The highest BCUT2D eigenvalue weighted by molar-refractivity contribution is 6.03. The van der Waals surface area contributed by atoms with Gasteiger partial charge in [-0.15, -0.1) is 0 Å². The number of ketones is 1. The summed E-state index contributed by atoms with van der Waals surface area (Å²) in [5, 5.41) is 2.53. The molecule has 3 nitrogen and oxygen atoms in total. The minimum absolute atomic E-state index is 0.0766. The second-order valence-electron chi connectivity index (χ2n) is 5.30. The Labute approximate surface area is 126 Å². The molecule has 0 saturated heterocycles. The molecule has 2 aromatic carbocycles. The maximum absolute atomic E-state index is 13.2. The molecule has 1 N–H and O–H groups in total. The average molecular weight is 301 g/mol. The minimum atomic E-state index is -1.03. The van der Waals surface area contributed by atoms with Gasteiger partial charge in [0, 0.05) is 29.7 Å². The summed E-state index contributed by atoms with van der Waals surface area (Å²) in [6.07, 6.45) is 0.573. The number of fused-ring (bicyclic) bond motifs is 1. The van der Waals surface area contributed by atoms with E-state index in [9.17, 15) is 18.4 Å². The highest BCUT2D eigenvalue weighted by Gasteiger charge is 2.29. The minimum Gasteiger partial charge on any atom is -0.326 e. The normalized spacial score (nSPS) is 17.0. The summed E-state index contributed by atoms with van der Waals surface area (Å²) in [7, 11) is 0. The molecule has 1 aliphatic rings. The zero-order valence-corrected chi connectivity index (χ0v) is 11.6. The van der Waals surface area contributed by atoms with Crippen molar-refractivity contribution < 1.29 is 18.4 Å². The SMILES string of the molecule is O=C1CC(C(=O)Nc2ccc(F)c(F)c2)Cc2ccccc21. The number of hydrogen-bond donors (Lipinski definition) is 1. The van der Waals surface area contributed by atoms with Crippen LogP contribution in [0.5, 0.6) is 0 Å². The molecule has 0 saturated carbocycles. The van der Waals surface area contributed by atoms with Crippen molar-refractivity contribution in [3.05, 3.63) is 65.2 Å². The largest absolute Gasteiger partial charge is 0.326 e. The molecule has 1 aliphatic carbocycles. The molecule has 0 fully saturated rings. The summed E-state index contributed by atoms with van der Waals surface area (Å²) in [5.74, 6) is -2.95. The summed E-state index contributed by atoms with van der Waals surface area (Å²) < 4.78 is 26.0. The number of halogens is 2. The maximum Gasteiger partial charge on any atom is 0.228 e. The van der Waals surface area contributed by atoms with E-state index in [1.165, 1.54) is 6.07 Å². The van der Waals surface area contributed by atoms with Gasteiger partial charge in [-0.3, -0.25) is 9.59 Å². The topological polar surface area (TPSA) is 46.2 Å². The lowest BCUT2D eigenvalue weighted by Crippen LogP contribution is -2.30. The molecule has 1 amide bonds. The Bertz CT molecular complexity index is 758. The summed E-state index contributed by atoms with van der Waals surface area (Å²) in [6, 6.07) is 10.3. The van der Waals surface area contributed by atoms with Gasteiger partial charge < -0.3 is 5.32 Å². The first-order chi connectivity index (χ1) is 10.5. The summed E-state index contributed by atoms with van der Waals surface area (Å²) in [4.78, 5) is 24.3. The van der Waals surface area contributed by atoms with Crippen LogP contribution in [0.15, 0.2) is 42.5 Å². The van der Waals surface area contributed by atoms with Gasteiger partial charge >= 0.3 is 0 Å². The fourth-order valence-corrected chi connectivity index (χ4v) is 2.65. The summed E-state index contributed by atoms with van der Waals surface area (Å²) in [6.45, 7) is 0. The Balaban J connectivity index is 1.76. The van der Waals surface area contributed by atoms with E-state index in [4.69, 9.17) is 0 Å². The summed E-state index contributed by atoms with van der Waals surface area (Å²) >= 11 is 0. The third-order valence-electron chi connectivity index (χ3n) is 3.77. The van der Waals surface area contributed by atoms with E-state index in [0.29, 0.717) is 12.0 Å². The van der Waals surface area contributed by atoms with Gasteiger partial charge in [0.15, 0.2) is 17.4 Å².